The molecule has 2 N–H and O–H groups in total. The predicted octanol–water partition coefficient (Wildman–Crippen LogP) is 2.81. The molecule has 2 aromatic rings. The second-order valence-electron chi connectivity index (χ2n) is 5.60. The number of carbonyl (C=O) groups excluding carboxylic acids is 1. The molecule has 0 fully saturated rings. The van der Waals surface area contributed by atoms with Gasteiger partial charge in [-0.25, -0.2) is 0 Å². The van der Waals surface area contributed by atoms with Gasteiger partial charge < -0.3 is 15.3 Å². The van der Waals surface area contributed by atoms with E-state index in [9.17, 15) is 20.0 Å². The summed E-state index contributed by atoms with van der Waals surface area (Å²) in [6.07, 6.45) is -0.00571. The summed E-state index contributed by atoms with van der Waals surface area (Å²) in [7, 11) is 0. The zero-order valence-corrected chi connectivity index (χ0v) is 14.0. The highest BCUT2D eigenvalue weighted by molar-refractivity contribution is 5.96. The Balaban J connectivity index is 2.13. The minimum absolute atomic E-state index is 0.0207. The van der Waals surface area contributed by atoms with Crippen LogP contribution < -0.4 is 10.2 Å². The fourth-order valence-electron chi connectivity index (χ4n) is 2.39. The molecule has 0 saturated carbocycles. The molecular weight excluding hydrogens is 322 g/mol. The Morgan fingerprint density at radius 1 is 1.20 bits per heavy atom. The normalized spacial score (nSPS) is 11.6. The monoisotopic (exact) mass is 343 g/mol. The van der Waals surface area contributed by atoms with Crippen molar-refractivity contribution in [1.29, 1.82) is 0 Å². The summed E-state index contributed by atoms with van der Waals surface area (Å²) in [5.41, 5.74) is 0.796. The first-order valence-electron chi connectivity index (χ1n) is 8.02. The number of hydrogen-bond acceptors (Lipinski definition) is 5. The van der Waals surface area contributed by atoms with Crippen molar-refractivity contribution >= 4 is 23.0 Å². The Kier molecular flexibility index (Phi) is 6.47. The maximum Gasteiger partial charge on any atom is 0.292 e. The summed E-state index contributed by atoms with van der Waals surface area (Å²) in [6.45, 7) is 2.14. The number of aliphatic hydroxyl groups is 1. The molecule has 0 aromatic heterocycles. The lowest BCUT2D eigenvalue weighted by Crippen LogP contribution is -2.38. The number of aliphatic hydroxyl groups excluding tert-OH is 1. The highest BCUT2D eigenvalue weighted by atomic mass is 16.6. The lowest BCUT2D eigenvalue weighted by atomic mass is 10.2. The van der Waals surface area contributed by atoms with Crippen LogP contribution in [-0.4, -0.2) is 35.1 Å². The Morgan fingerprint density at radius 2 is 1.84 bits per heavy atom. The summed E-state index contributed by atoms with van der Waals surface area (Å²) in [5, 5.41) is 23.6. The van der Waals surface area contributed by atoms with Crippen LogP contribution in [0, 0.1) is 10.1 Å². The van der Waals surface area contributed by atoms with Crippen LogP contribution in [0.3, 0.4) is 0 Å². The lowest BCUT2D eigenvalue weighted by molar-refractivity contribution is -0.383. The number of nitro benzene ring substituents is 1. The molecule has 1 atom stereocenters. The zero-order chi connectivity index (χ0) is 18.2. The highest BCUT2D eigenvalue weighted by Gasteiger charge is 2.18. The van der Waals surface area contributed by atoms with Crippen LogP contribution in [-0.2, 0) is 4.79 Å². The third-order valence-electron chi connectivity index (χ3n) is 3.73. The third kappa shape index (κ3) is 5.29. The summed E-state index contributed by atoms with van der Waals surface area (Å²) in [5.74, 6) is -0.388. The maximum atomic E-state index is 12.4. The van der Waals surface area contributed by atoms with Crippen LogP contribution in [0.5, 0.6) is 0 Å². The van der Waals surface area contributed by atoms with Crippen LogP contribution in [0.1, 0.15) is 13.3 Å². The van der Waals surface area contributed by atoms with E-state index in [4.69, 9.17) is 0 Å². The Bertz CT molecular complexity index is 721. The third-order valence-corrected chi connectivity index (χ3v) is 3.73. The Morgan fingerprint density at radius 3 is 2.48 bits per heavy atom. The van der Waals surface area contributed by atoms with Crippen molar-refractivity contribution in [2.45, 2.75) is 19.4 Å². The molecule has 1 amide bonds. The molecule has 7 nitrogen and oxygen atoms in total. The molecule has 2 rings (SSSR count). The Labute approximate surface area is 146 Å². The van der Waals surface area contributed by atoms with E-state index in [2.05, 4.69) is 5.32 Å². The number of amides is 1. The predicted molar refractivity (Wildman–Crippen MR) is 96.7 cm³/mol. The molecular formula is C18H21N3O4. The average Bonchev–Trinajstić information content (AvgIpc) is 2.62. The van der Waals surface area contributed by atoms with Crippen molar-refractivity contribution in [1.82, 2.24) is 0 Å². The lowest BCUT2D eigenvalue weighted by Gasteiger charge is -2.26. The van der Waals surface area contributed by atoms with E-state index in [1.165, 1.54) is 12.1 Å². The molecule has 0 bridgehead atoms. The topological polar surface area (TPSA) is 95.7 Å². The van der Waals surface area contributed by atoms with Gasteiger partial charge in [-0.05, 0) is 24.6 Å². The van der Waals surface area contributed by atoms with Gasteiger partial charge in [-0.1, -0.05) is 37.3 Å². The molecule has 1 unspecified atom stereocenters. The highest BCUT2D eigenvalue weighted by Crippen LogP contribution is 2.23. The van der Waals surface area contributed by atoms with E-state index in [0.29, 0.717) is 13.0 Å². The number of hydrogen-bond donors (Lipinski definition) is 2. The number of nitrogens with one attached hydrogen (secondary N) is 1. The van der Waals surface area contributed by atoms with Crippen LogP contribution in [0.15, 0.2) is 54.6 Å². The number of benzene rings is 2. The van der Waals surface area contributed by atoms with E-state index in [0.717, 1.165) is 5.69 Å². The first-order chi connectivity index (χ1) is 12.0. The van der Waals surface area contributed by atoms with Gasteiger partial charge in [0.05, 0.1) is 17.6 Å². The summed E-state index contributed by atoms with van der Waals surface area (Å²) in [6, 6.07) is 15.3. The van der Waals surface area contributed by atoms with Crippen molar-refractivity contribution in [3.05, 3.63) is 64.7 Å². The molecule has 7 heteroatoms. The van der Waals surface area contributed by atoms with E-state index in [-0.39, 0.29) is 23.8 Å². The van der Waals surface area contributed by atoms with Crippen LogP contribution in [0.4, 0.5) is 17.1 Å². The van der Waals surface area contributed by atoms with Crippen LogP contribution >= 0.6 is 0 Å². The number of nitro groups is 1. The summed E-state index contributed by atoms with van der Waals surface area (Å²) in [4.78, 5) is 24.6. The minimum atomic E-state index is -0.570. The van der Waals surface area contributed by atoms with E-state index < -0.39 is 11.0 Å². The zero-order valence-electron chi connectivity index (χ0n) is 14.0. The number of rotatable bonds is 8. The molecule has 0 heterocycles. The van der Waals surface area contributed by atoms with E-state index >= 15 is 0 Å². The quantitative estimate of drug-likeness (QED) is 0.567. The molecule has 0 radical (unpaired) electrons. The molecule has 0 spiro atoms. The SMILES string of the molecule is CCC(O)CN(CC(=O)Nc1ccccc1[N+](=O)[O-])c1ccccc1. The van der Waals surface area contributed by atoms with Crippen molar-refractivity contribution in [3.8, 4) is 0 Å². The fraction of sp³-hybridized carbons (Fsp3) is 0.278. The minimum Gasteiger partial charge on any atom is -0.391 e. The first-order valence-corrected chi connectivity index (χ1v) is 8.02. The number of para-hydroxylation sites is 3. The van der Waals surface area contributed by atoms with Crippen molar-refractivity contribution in [2.75, 3.05) is 23.3 Å². The second kappa shape index (κ2) is 8.79. The van der Waals surface area contributed by atoms with Gasteiger partial charge in [-0.15, -0.1) is 0 Å². The summed E-state index contributed by atoms with van der Waals surface area (Å²) >= 11 is 0. The molecule has 0 aliphatic rings. The molecule has 132 valence electrons. The van der Waals surface area contributed by atoms with Gasteiger partial charge in [0.15, 0.2) is 0 Å². The smallest absolute Gasteiger partial charge is 0.292 e. The van der Waals surface area contributed by atoms with Gasteiger partial charge >= 0.3 is 0 Å². The molecule has 25 heavy (non-hydrogen) atoms. The van der Waals surface area contributed by atoms with Crippen LogP contribution in [0.25, 0.3) is 0 Å². The molecule has 0 aliphatic heterocycles. The maximum absolute atomic E-state index is 12.4. The van der Waals surface area contributed by atoms with Crippen molar-refractivity contribution < 1.29 is 14.8 Å². The van der Waals surface area contributed by atoms with Gasteiger partial charge in [0.1, 0.15) is 5.69 Å². The first kappa shape index (κ1) is 18.4. The van der Waals surface area contributed by atoms with Crippen molar-refractivity contribution in [2.24, 2.45) is 0 Å². The molecule has 0 saturated heterocycles. The van der Waals surface area contributed by atoms with Gasteiger partial charge in [-0.3, -0.25) is 14.9 Å². The number of anilines is 2. The average molecular weight is 343 g/mol. The van der Waals surface area contributed by atoms with Gasteiger partial charge in [0.25, 0.3) is 5.69 Å². The standard InChI is InChI=1S/C18H21N3O4/c1-2-15(22)12-20(14-8-4-3-5-9-14)13-18(23)19-16-10-6-7-11-17(16)21(24)25/h3-11,15,22H,2,12-13H2,1H3,(H,19,23). The Hall–Kier alpha value is -2.93. The van der Waals surface area contributed by atoms with E-state index in [1.807, 2.05) is 37.3 Å². The second-order valence-corrected chi connectivity index (χ2v) is 5.60. The fourth-order valence-corrected chi connectivity index (χ4v) is 2.39. The van der Waals surface area contributed by atoms with Gasteiger partial charge in [0, 0.05) is 18.3 Å². The summed E-state index contributed by atoms with van der Waals surface area (Å²) < 4.78 is 0. The van der Waals surface area contributed by atoms with Crippen molar-refractivity contribution in [3.63, 3.8) is 0 Å². The van der Waals surface area contributed by atoms with Crippen LogP contribution in [0.2, 0.25) is 0 Å². The van der Waals surface area contributed by atoms with Gasteiger partial charge in [-0.2, -0.15) is 0 Å². The number of carbonyl (C=O) groups is 1. The molecule has 2 aromatic carbocycles. The van der Waals surface area contributed by atoms with E-state index in [1.54, 1.807) is 17.0 Å². The largest absolute Gasteiger partial charge is 0.391 e. The van der Waals surface area contributed by atoms with Gasteiger partial charge in [0.2, 0.25) is 5.91 Å². The molecule has 0 aliphatic carbocycles. The number of nitrogens with zero attached hydrogens (tertiary/aromatic N) is 2.